The van der Waals surface area contributed by atoms with E-state index in [1.165, 1.54) is 13.2 Å². The highest BCUT2D eigenvalue weighted by Gasteiger charge is 2.22. The summed E-state index contributed by atoms with van der Waals surface area (Å²) in [4.78, 5) is 46.1. The number of hydrogen-bond acceptors (Lipinski definition) is 8. The number of halogens is 1. The van der Waals surface area contributed by atoms with Crippen LogP contribution < -0.4 is 26.8 Å². The minimum absolute atomic E-state index is 0. The van der Waals surface area contributed by atoms with Gasteiger partial charge in [0.15, 0.2) is 5.96 Å². The second-order valence-electron chi connectivity index (χ2n) is 7.99. The molecule has 1 aromatic heterocycles. The van der Waals surface area contributed by atoms with Gasteiger partial charge in [-0.25, -0.2) is 4.98 Å². The lowest BCUT2D eigenvalue weighted by atomic mass is 10.0. The molecule has 2 aromatic carbocycles. The summed E-state index contributed by atoms with van der Waals surface area (Å²) < 4.78 is 10.7. The fraction of sp³-hybridized carbons (Fsp3) is 0.240. The van der Waals surface area contributed by atoms with Gasteiger partial charge in [0.2, 0.25) is 5.13 Å². The number of thiazole rings is 1. The number of carbonyl (C=O) groups is 3. The van der Waals surface area contributed by atoms with Crippen LogP contribution in [0.4, 0.5) is 10.8 Å². The van der Waals surface area contributed by atoms with Crippen LogP contribution in [0.1, 0.15) is 43.7 Å². The van der Waals surface area contributed by atoms with Crippen LogP contribution in [0.2, 0.25) is 0 Å². The molecule has 0 fully saturated rings. The molecule has 0 saturated carbocycles. The van der Waals surface area contributed by atoms with E-state index in [9.17, 15) is 19.5 Å². The van der Waals surface area contributed by atoms with Gasteiger partial charge in [-0.3, -0.25) is 14.4 Å². The number of aliphatic imine (C=N–C) groups is 1. The highest BCUT2D eigenvalue weighted by atomic mass is 35.5. The Bertz CT molecular complexity index is 1330. The van der Waals surface area contributed by atoms with Crippen molar-refractivity contribution in [2.45, 2.75) is 19.4 Å². The average molecular weight is 577 g/mol. The second kappa shape index (κ2) is 14.7. The number of carbonyl (C=O) groups excluding carboxylic acids is 2. The van der Waals surface area contributed by atoms with Crippen LogP contribution in [0, 0.1) is 6.92 Å². The molecule has 0 spiro atoms. The third-order valence-electron chi connectivity index (χ3n) is 5.13. The van der Waals surface area contributed by atoms with Gasteiger partial charge in [0, 0.05) is 12.8 Å². The van der Waals surface area contributed by atoms with Crippen molar-refractivity contribution >= 4 is 58.3 Å². The molecular weight excluding hydrogens is 548 g/mol. The quantitative estimate of drug-likeness (QED) is 0.122. The number of rotatable bonds is 12. The lowest BCUT2D eigenvalue weighted by Crippen LogP contribution is -2.30. The summed E-state index contributed by atoms with van der Waals surface area (Å²) >= 11 is 1.01. The van der Waals surface area contributed by atoms with Gasteiger partial charge in [-0.05, 0) is 30.7 Å². The first kappa shape index (κ1) is 31.0. The molecule has 1 heterocycles. The van der Waals surface area contributed by atoms with E-state index < -0.39 is 23.8 Å². The monoisotopic (exact) mass is 576 g/mol. The number of benzene rings is 2. The molecule has 0 radical (unpaired) electrons. The van der Waals surface area contributed by atoms with Crippen molar-refractivity contribution in [1.82, 2.24) is 10.3 Å². The molecule has 0 unspecified atom stereocenters. The molecule has 2 amide bonds. The van der Waals surface area contributed by atoms with Crippen molar-refractivity contribution in [3.05, 3.63) is 70.2 Å². The molecule has 0 bridgehead atoms. The Morgan fingerprint density at radius 1 is 1.10 bits per heavy atom. The SMILES string of the molecule is COCCOc1ccc(NC(=O)c2sc(N=C(N)N)nc2C)cc1C(=O)N[C@@H](CC(=O)O)c1ccccc1.Cl. The largest absolute Gasteiger partial charge is 0.490 e. The Morgan fingerprint density at radius 3 is 2.46 bits per heavy atom. The van der Waals surface area contributed by atoms with E-state index >= 15 is 0 Å². The van der Waals surface area contributed by atoms with Gasteiger partial charge in [0.25, 0.3) is 11.8 Å². The van der Waals surface area contributed by atoms with Gasteiger partial charge < -0.3 is 36.7 Å². The Kier molecular flexibility index (Phi) is 11.7. The average Bonchev–Trinajstić information content (AvgIpc) is 3.23. The van der Waals surface area contributed by atoms with Crippen LogP contribution in [0.3, 0.4) is 0 Å². The predicted molar refractivity (Wildman–Crippen MR) is 150 cm³/mol. The number of aliphatic carboxylic acids is 1. The maximum absolute atomic E-state index is 13.4. The molecule has 12 nitrogen and oxygen atoms in total. The number of ether oxygens (including phenoxy) is 2. The van der Waals surface area contributed by atoms with Crippen molar-refractivity contribution in [3.63, 3.8) is 0 Å². The summed E-state index contributed by atoms with van der Waals surface area (Å²) in [7, 11) is 1.52. The minimum Gasteiger partial charge on any atom is -0.490 e. The van der Waals surface area contributed by atoms with Gasteiger partial charge in [-0.15, -0.1) is 12.4 Å². The molecular formula is C25H29ClN6O6S. The molecule has 0 aliphatic carbocycles. The number of nitrogens with two attached hydrogens (primary N) is 2. The Labute approximate surface area is 234 Å². The van der Waals surface area contributed by atoms with E-state index in [1.54, 1.807) is 49.4 Å². The highest BCUT2D eigenvalue weighted by Crippen LogP contribution is 2.28. The van der Waals surface area contributed by atoms with Gasteiger partial charge in [-0.2, -0.15) is 4.99 Å². The van der Waals surface area contributed by atoms with Crippen LogP contribution >= 0.6 is 23.7 Å². The number of nitrogens with zero attached hydrogens (tertiary/aromatic N) is 2. The second-order valence-corrected chi connectivity index (χ2v) is 8.97. The molecule has 0 aliphatic rings. The summed E-state index contributed by atoms with van der Waals surface area (Å²) in [6.45, 7) is 2.11. The van der Waals surface area contributed by atoms with E-state index in [0.717, 1.165) is 11.3 Å². The number of nitrogens with one attached hydrogen (secondary N) is 2. The number of guanidine groups is 1. The van der Waals surface area contributed by atoms with Gasteiger partial charge >= 0.3 is 5.97 Å². The van der Waals surface area contributed by atoms with E-state index in [1.807, 2.05) is 0 Å². The minimum atomic E-state index is -1.07. The first-order chi connectivity index (χ1) is 18.2. The summed E-state index contributed by atoms with van der Waals surface area (Å²) in [5.41, 5.74) is 12.3. The summed E-state index contributed by atoms with van der Waals surface area (Å²) in [5.74, 6) is -2.06. The summed E-state index contributed by atoms with van der Waals surface area (Å²) in [6.07, 6.45) is -0.325. The molecule has 208 valence electrons. The number of aryl methyl sites for hydroxylation is 1. The molecule has 3 rings (SSSR count). The summed E-state index contributed by atoms with van der Waals surface area (Å²) in [5, 5.41) is 15.1. The maximum Gasteiger partial charge on any atom is 0.305 e. The smallest absolute Gasteiger partial charge is 0.305 e. The molecule has 7 N–H and O–H groups in total. The highest BCUT2D eigenvalue weighted by molar-refractivity contribution is 7.17. The predicted octanol–water partition coefficient (Wildman–Crippen LogP) is 3.00. The number of hydrogen-bond donors (Lipinski definition) is 5. The van der Waals surface area contributed by atoms with Crippen molar-refractivity contribution in [1.29, 1.82) is 0 Å². The number of carboxylic acid groups (broad SMARTS) is 1. The molecule has 0 aliphatic heterocycles. The van der Waals surface area contributed by atoms with Crippen LogP contribution in [0.15, 0.2) is 53.5 Å². The molecule has 1 atom stereocenters. The van der Waals surface area contributed by atoms with Crippen molar-refractivity contribution in [2.24, 2.45) is 16.5 Å². The molecule has 0 saturated heterocycles. The number of methoxy groups -OCH3 is 1. The van der Waals surface area contributed by atoms with E-state index in [0.29, 0.717) is 21.8 Å². The Morgan fingerprint density at radius 2 is 1.82 bits per heavy atom. The number of amides is 2. The van der Waals surface area contributed by atoms with Crippen molar-refractivity contribution < 1.29 is 29.0 Å². The Balaban J connectivity index is 0.00000533. The zero-order valence-corrected chi connectivity index (χ0v) is 22.8. The van der Waals surface area contributed by atoms with Crippen LogP contribution in [0.25, 0.3) is 0 Å². The first-order valence-electron chi connectivity index (χ1n) is 11.4. The Hall–Kier alpha value is -4.20. The van der Waals surface area contributed by atoms with Crippen molar-refractivity contribution in [2.75, 3.05) is 25.6 Å². The lowest BCUT2D eigenvalue weighted by molar-refractivity contribution is -0.137. The zero-order valence-electron chi connectivity index (χ0n) is 21.2. The fourth-order valence-corrected chi connectivity index (χ4v) is 4.29. The third kappa shape index (κ3) is 8.95. The molecule has 3 aromatic rings. The first-order valence-corrected chi connectivity index (χ1v) is 12.2. The lowest BCUT2D eigenvalue weighted by Gasteiger charge is -2.19. The molecule has 14 heteroatoms. The molecule has 39 heavy (non-hydrogen) atoms. The third-order valence-corrected chi connectivity index (χ3v) is 6.18. The van der Waals surface area contributed by atoms with E-state index in [2.05, 4.69) is 20.6 Å². The number of aromatic nitrogens is 1. The fourth-order valence-electron chi connectivity index (χ4n) is 3.43. The van der Waals surface area contributed by atoms with Crippen molar-refractivity contribution in [3.8, 4) is 5.75 Å². The van der Waals surface area contributed by atoms with Crippen LogP contribution in [0.5, 0.6) is 5.75 Å². The zero-order chi connectivity index (χ0) is 27.7. The summed E-state index contributed by atoms with van der Waals surface area (Å²) in [6, 6.07) is 12.5. The standard InChI is InChI=1S/C25H28N6O6S.ClH/c1-14-21(38-25(28-14)31-24(26)27)23(35)29-16-8-9-19(37-11-10-36-2)17(12-16)22(34)30-18(13-20(32)33)15-6-4-3-5-7-15;/h3-9,12,18H,10-11,13H2,1-2H3,(H,29,35)(H,30,34)(H,32,33)(H4,26,27,28,31);1H/t18-;/m0./s1. The van der Waals surface area contributed by atoms with Gasteiger partial charge in [-0.1, -0.05) is 41.7 Å². The topological polar surface area (TPSA) is 191 Å². The van der Waals surface area contributed by atoms with E-state index in [-0.39, 0.29) is 54.4 Å². The van der Waals surface area contributed by atoms with Crippen LogP contribution in [-0.2, 0) is 9.53 Å². The van der Waals surface area contributed by atoms with Gasteiger partial charge in [0.05, 0.1) is 30.3 Å². The van der Waals surface area contributed by atoms with Crippen LogP contribution in [-0.4, -0.2) is 54.2 Å². The van der Waals surface area contributed by atoms with Gasteiger partial charge in [0.1, 0.15) is 17.2 Å². The number of anilines is 1. The maximum atomic E-state index is 13.4. The van der Waals surface area contributed by atoms with E-state index in [4.69, 9.17) is 20.9 Å². The number of carboxylic acids is 1. The normalized spacial score (nSPS) is 11.0.